The zero-order valence-electron chi connectivity index (χ0n) is 11.2. The molecular formula is C13H22FNOS. The summed E-state index contributed by atoms with van der Waals surface area (Å²) in [5.41, 5.74) is 0.745. The van der Waals surface area contributed by atoms with Crippen LogP contribution in [0.15, 0.2) is 0 Å². The fraction of sp³-hybridized carbons (Fsp3) is 0.769. The summed E-state index contributed by atoms with van der Waals surface area (Å²) in [4.78, 5) is 0. The van der Waals surface area contributed by atoms with E-state index in [1.165, 1.54) is 7.11 Å². The summed E-state index contributed by atoms with van der Waals surface area (Å²) in [6.45, 7) is 6.49. The van der Waals surface area contributed by atoms with Gasteiger partial charge in [0.05, 0.1) is 7.11 Å². The van der Waals surface area contributed by atoms with Gasteiger partial charge in [0.15, 0.2) is 5.75 Å². The first-order valence-electron chi connectivity index (χ1n) is 6.28. The lowest BCUT2D eigenvalue weighted by Gasteiger charge is -2.28. The van der Waals surface area contributed by atoms with Crippen LogP contribution in [0, 0.1) is 5.13 Å². The molecule has 1 atom stereocenters. The Morgan fingerprint density at radius 3 is 2.53 bits per heavy atom. The Labute approximate surface area is 107 Å². The van der Waals surface area contributed by atoms with E-state index in [0.717, 1.165) is 49.3 Å². The maximum Gasteiger partial charge on any atom is 0.237 e. The highest BCUT2D eigenvalue weighted by molar-refractivity contribution is 7.04. The number of hydrogen-bond donors (Lipinski definition) is 0. The standard InChI is InChI=1S/C13H22FNOS/c1-5-7-9-13(3,8-6-2)11-10(16-4)12(14)17-15-11/h5-9H2,1-4H3. The summed E-state index contributed by atoms with van der Waals surface area (Å²) in [6.07, 6.45) is 5.42. The number of ether oxygens (including phenoxy) is 1. The van der Waals surface area contributed by atoms with Gasteiger partial charge in [-0.2, -0.15) is 8.76 Å². The summed E-state index contributed by atoms with van der Waals surface area (Å²) in [7, 11) is 1.52. The molecule has 1 unspecified atom stereocenters. The predicted molar refractivity (Wildman–Crippen MR) is 70.4 cm³/mol. The Kier molecular flexibility index (Phi) is 5.37. The van der Waals surface area contributed by atoms with Crippen LogP contribution in [0.1, 0.15) is 58.6 Å². The van der Waals surface area contributed by atoms with E-state index in [1.807, 2.05) is 0 Å². The van der Waals surface area contributed by atoms with E-state index >= 15 is 0 Å². The molecule has 0 aliphatic carbocycles. The third-order valence-electron chi connectivity index (χ3n) is 3.27. The molecule has 0 spiro atoms. The number of nitrogens with zero attached hydrogens (tertiary/aromatic N) is 1. The summed E-state index contributed by atoms with van der Waals surface area (Å²) in [6, 6.07) is 0. The summed E-state index contributed by atoms with van der Waals surface area (Å²) in [5.74, 6) is 0.349. The third-order valence-corrected chi connectivity index (χ3v) is 3.89. The highest BCUT2D eigenvalue weighted by Crippen LogP contribution is 2.41. The zero-order valence-corrected chi connectivity index (χ0v) is 12.0. The number of aromatic nitrogens is 1. The van der Waals surface area contributed by atoms with E-state index < -0.39 is 0 Å². The molecule has 1 aromatic heterocycles. The number of halogens is 1. The van der Waals surface area contributed by atoms with Crippen molar-refractivity contribution in [3.8, 4) is 5.75 Å². The van der Waals surface area contributed by atoms with E-state index in [4.69, 9.17) is 4.74 Å². The molecule has 0 aliphatic heterocycles. The van der Waals surface area contributed by atoms with Gasteiger partial charge in [-0.25, -0.2) is 0 Å². The minimum atomic E-state index is -0.304. The van der Waals surface area contributed by atoms with Gasteiger partial charge >= 0.3 is 0 Å². The first kappa shape index (κ1) is 14.4. The number of hydrogen-bond acceptors (Lipinski definition) is 3. The van der Waals surface area contributed by atoms with Crippen molar-refractivity contribution in [3.05, 3.63) is 10.8 Å². The van der Waals surface area contributed by atoms with Crippen molar-refractivity contribution in [3.63, 3.8) is 0 Å². The van der Waals surface area contributed by atoms with Gasteiger partial charge < -0.3 is 4.74 Å². The molecule has 0 amide bonds. The molecule has 98 valence electrons. The Hall–Kier alpha value is -0.640. The molecular weight excluding hydrogens is 237 g/mol. The van der Waals surface area contributed by atoms with Crippen molar-refractivity contribution in [1.29, 1.82) is 0 Å². The molecule has 0 aromatic carbocycles. The van der Waals surface area contributed by atoms with Crippen LogP contribution in [0.2, 0.25) is 0 Å². The van der Waals surface area contributed by atoms with Crippen LogP contribution in [0.4, 0.5) is 4.39 Å². The topological polar surface area (TPSA) is 22.1 Å². The minimum absolute atomic E-state index is 0.0586. The van der Waals surface area contributed by atoms with Gasteiger partial charge in [0.25, 0.3) is 0 Å². The normalized spacial score (nSPS) is 14.6. The molecule has 2 nitrogen and oxygen atoms in total. The summed E-state index contributed by atoms with van der Waals surface area (Å²) >= 11 is 0.900. The molecule has 1 rings (SSSR count). The number of methoxy groups -OCH3 is 1. The molecule has 17 heavy (non-hydrogen) atoms. The van der Waals surface area contributed by atoms with Crippen LogP contribution in [0.25, 0.3) is 0 Å². The van der Waals surface area contributed by atoms with Gasteiger partial charge in [-0.3, -0.25) is 0 Å². The molecule has 0 aliphatic rings. The Morgan fingerprint density at radius 2 is 2.00 bits per heavy atom. The second-order valence-corrected chi connectivity index (χ2v) is 5.48. The molecule has 0 N–H and O–H groups in total. The summed E-state index contributed by atoms with van der Waals surface area (Å²) in [5, 5.41) is -0.304. The Balaban J connectivity index is 3.03. The maximum atomic E-state index is 13.5. The average molecular weight is 259 g/mol. The third kappa shape index (κ3) is 3.18. The predicted octanol–water partition coefficient (Wildman–Crippen LogP) is 4.54. The van der Waals surface area contributed by atoms with Crippen molar-refractivity contribution in [2.24, 2.45) is 0 Å². The maximum absolute atomic E-state index is 13.5. The smallest absolute Gasteiger partial charge is 0.237 e. The lowest BCUT2D eigenvalue weighted by Crippen LogP contribution is -2.23. The van der Waals surface area contributed by atoms with Crippen LogP contribution in [0.3, 0.4) is 0 Å². The van der Waals surface area contributed by atoms with Gasteiger partial charge in [-0.05, 0) is 24.4 Å². The van der Waals surface area contributed by atoms with E-state index in [-0.39, 0.29) is 10.5 Å². The second-order valence-electron chi connectivity index (χ2n) is 4.75. The van der Waals surface area contributed by atoms with Crippen molar-refractivity contribution >= 4 is 11.5 Å². The highest BCUT2D eigenvalue weighted by Gasteiger charge is 2.33. The molecule has 4 heteroatoms. The number of rotatable bonds is 7. The molecule has 0 saturated heterocycles. The first-order valence-corrected chi connectivity index (χ1v) is 7.06. The molecule has 0 fully saturated rings. The van der Waals surface area contributed by atoms with E-state index in [0.29, 0.717) is 5.75 Å². The molecule has 1 aromatic rings. The Bertz CT molecular complexity index is 353. The summed E-state index contributed by atoms with van der Waals surface area (Å²) < 4.78 is 23.0. The zero-order chi connectivity index (χ0) is 12.9. The van der Waals surface area contributed by atoms with Crippen molar-refractivity contribution < 1.29 is 9.13 Å². The molecule has 0 bridgehead atoms. The van der Waals surface area contributed by atoms with Gasteiger partial charge in [0.2, 0.25) is 5.13 Å². The van der Waals surface area contributed by atoms with Gasteiger partial charge in [0.1, 0.15) is 5.69 Å². The second kappa shape index (κ2) is 6.34. The molecule has 0 saturated carbocycles. The van der Waals surface area contributed by atoms with E-state index in [2.05, 4.69) is 25.1 Å². The van der Waals surface area contributed by atoms with Crippen LogP contribution < -0.4 is 4.74 Å². The van der Waals surface area contributed by atoms with Crippen LogP contribution in [-0.4, -0.2) is 11.5 Å². The minimum Gasteiger partial charge on any atom is -0.491 e. The first-order chi connectivity index (χ1) is 8.09. The quantitative estimate of drug-likeness (QED) is 0.717. The van der Waals surface area contributed by atoms with Crippen molar-refractivity contribution in [2.45, 2.75) is 58.3 Å². The molecule has 1 heterocycles. The monoisotopic (exact) mass is 259 g/mol. The molecule has 0 radical (unpaired) electrons. The number of unbranched alkanes of at least 4 members (excludes halogenated alkanes) is 1. The SMILES string of the molecule is CCCCC(C)(CCC)c1nsc(F)c1OC. The van der Waals surface area contributed by atoms with Crippen molar-refractivity contribution in [2.75, 3.05) is 7.11 Å². The van der Waals surface area contributed by atoms with Gasteiger partial charge in [-0.15, -0.1) is 0 Å². The highest BCUT2D eigenvalue weighted by atomic mass is 32.1. The van der Waals surface area contributed by atoms with Crippen LogP contribution >= 0.6 is 11.5 Å². The van der Waals surface area contributed by atoms with E-state index in [1.54, 1.807) is 0 Å². The van der Waals surface area contributed by atoms with Gasteiger partial charge in [-0.1, -0.05) is 40.0 Å². The van der Waals surface area contributed by atoms with Crippen LogP contribution in [0.5, 0.6) is 5.75 Å². The lowest BCUT2D eigenvalue weighted by atomic mass is 9.77. The van der Waals surface area contributed by atoms with Crippen molar-refractivity contribution in [1.82, 2.24) is 4.37 Å². The van der Waals surface area contributed by atoms with E-state index in [9.17, 15) is 4.39 Å². The average Bonchev–Trinajstić information content (AvgIpc) is 2.68. The van der Waals surface area contributed by atoms with Gasteiger partial charge in [0, 0.05) is 5.41 Å². The Morgan fingerprint density at radius 1 is 1.29 bits per heavy atom. The van der Waals surface area contributed by atoms with Crippen LogP contribution in [-0.2, 0) is 5.41 Å². The fourth-order valence-corrected chi connectivity index (χ4v) is 3.04. The largest absolute Gasteiger partial charge is 0.491 e. The fourth-order valence-electron chi connectivity index (χ4n) is 2.30. The lowest BCUT2D eigenvalue weighted by molar-refractivity contribution is 0.335.